The van der Waals surface area contributed by atoms with E-state index in [1.165, 1.54) is 6.92 Å². The van der Waals surface area contributed by atoms with Gasteiger partial charge in [0.05, 0.1) is 24.0 Å². The van der Waals surface area contributed by atoms with E-state index in [-0.39, 0.29) is 47.8 Å². The number of hydrogen-bond donors (Lipinski definition) is 1. The molecule has 0 aromatic rings. The van der Waals surface area contributed by atoms with Gasteiger partial charge in [-0.25, -0.2) is 0 Å². The maximum absolute atomic E-state index is 12.7. The molecule has 3 heterocycles. The van der Waals surface area contributed by atoms with Crippen LogP contribution in [-0.2, 0) is 19.1 Å². The molecule has 0 aromatic heterocycles. The van der Waals surface area contributed by atoms with Crippen LogP contribution in [0.3, 0.4) is 0 Å². The van der Waals surface area contributed by atoms with Gasteiger partial charge < -0.3 is 10.1 Å². The molecule has 124 valence electrons. The van der Waals surface area contributed by atoms with Crippen LogP contribution in [0.4, 0.5) is 0 Å². The van der Waals surface area contributed by atoms with E-state index in [4.69, 9.17) is 4.74 Å². The van der Waals surface area contributed by atoms with Gasteiger partial charge in [0.25, 0.3) is 0 Å². The Labute approximate surface area is 135 Å². The summed E-state index contributed by atoms with van der Waals surface area (Å²) in [7, 11) is 0. The first-order chi connectivity index (χ1) is 11.1. The lowest BCUT2D eigenvalue weighted by Crippen LogP contribution is -2.45. The van der Waals surface area contributed by atoms with Gasteiger partial charge in [0.2, 0.25) is 17.7 Å². The second-order valence-electron chi connectivity index (χ2n) is 7.16. The molecule has 1 saturated carbocycles. The molecule has 0 radical (unpaired) electrons. The summed E-state index contributed by atoms with van der Waals surface area (Å²) < 4.78 is 5.67. The van der Waals surface area contributed by atoms with Gasteiger partial charge in [-0.3, -0.25) is 19.3 Å². The van der Waals surface area contributed by atoms with E-state index in [2.05, 4.69) is 5.32 Å². The SMILES string of the molecule is CC(=O)NC[C@H]1CC[C@H](N2C(=O)C3C4C=CC(O4)C3C2=O)CC1. The minimum absolute atomic E-state index is 0.00665. The van der Waals surface area contributed by atoms with E-state index in [1.54, 1.807) is 4.90 Å². The molecule has 4 atom stereocenters. The molecule has 3 amide bonds. The number of fused-ring (bicyclic) bond motifs is 5. The van der Waals surface area contributed by atoms with Crippen LogP contribution >= 0.6 is 0 Å². The third kappa shape index (κ3) is 2.31. The van der Waals surface area contributed by atoms with Gasteiger partial charge in [-0.15, -0.1) is 0 Å². The number of carbonyl (C=O) groups excluding carboxylic acids is 3. The average molecular weight is 318 g/mol. The number of imide groups is 1. The highest BCUT2D eigenvalue weighted by Gasteiger charge is 2.61. The van der Waals surface area contributed by atoms with Crippen molar-refractivity contribution in [3.63, 3.8) is 0 Å². The third-order valence-electron chi connectivity index (χ3n) is 5.77. The molecular weight excluding hydrogens is 296 g/mol. The molecule has 4 unspecified atom stereocenters. The van der Waals surface area contributed by atoms with Crippen LogP contribution in [0.15, 0.2) is 12.2 Å². The normalized spacial score (nSPS) is 41.5. The van der Waals surface area contributed by atoms with Crippen LogP contribution in [0.2, 0.25) is 0 Å². The van der Waals surface area contributed by atoms with Crippen molar-refractivity contribution in [1.29, 1.82) is 0 Å². The van der Waals surface area contributed by atoms with Crippen LogP contribution in [0.5, 0.6) is 0 Å². The lowest BCUT2D eigenvalue weighted by atomic mass is 9.85. The van der Waals surface area contributed by atoms with Gasteiger partial charge in [-0.2, -0.15) is 0 Å². The van der Waals surface area contributed by atoms with Gasteiger partial charge in [0, 0.05) is 19.5 Å². The van der Waals surface area contributed by atoms with Crippen LogP contribution < -0.4 is 5.32 Å². The summed E-state index contributed by atoms with van der Waals surface area (Å²) in [5.74, 6) is -0.231. The zero-order valence-electron chi connectivity index (χ0n) is 13.2. The largest absolute Gasteiger partial charge is 0.365 e. The van der Waals surface area contributed by atoms with Gasteiger partial charge >= 0.3 is 0 Å². The number of carbonyl (C=O) groups is 3. The van der Waals surface area contributed by atoms with Gasteiger partial charge in [-0.05, 0) is 31.6 Å². The van der Waals surface area contributed by atoms with Crippen molar-refractivity contribution >= 4 is 17.7 Å². The molecule has 0 spiro atoms. The minimum atomic E-state index is -0.297. The Balaban J connectivity index is 1.40. The summed E-state index contributed by atoms with van der Waals surface area (Å²) in [6.45, 7) is 2.22. The Morgan fingerprint density at radius 1 is 1.13 bits per heavy atom. The monoisotopic (exact) mass is 318 g/mol. The first-order valence-corrected chi connectivity index (χ1v) is 8.51. The number of rotatable bonds is 3. The molecule has 23 heavy (non-hydrogen) atoms. The van der Waals surface area contributed by atoms with Crippen LogP contribution in [0, 0.1) is 17.8 Å². The predicted octanol–water partition coefficient (Wildman–Crippen LogP) is 0.620. The Kier molecular flexibility index (Phi) is 3.52. The molecule has 6 nitrogen and oxygen atoms in total. The van der Waals surface area contributed by atoms with E-state index < -0.39 is 0 Å². The Morgan fingerprint density at radius 2 is 1.70 bits per heavy atom. The second kappa shape index (κ2) is 5.44. The lowest BCUT2D eigenvalue weighted by Gasteiger charge is -2.34. The standard InChI is InChI=1S/C17H22N2O4/c1-9(20)18-8-10-2-4-11(5-3-10)19-16(21)14-12-6-7-13(23-12)15(14)17(19)22/h6-7,10-15H,2-5,8H2,1H3,(H,18,20)/t10-,11-,12?,13?,14?,15?. The minimum Gasteiger partial charge on any atom is -0.365 e. The molecule has 1 aliphatic carbocycles. The Bertz CT molecular complexity index is 549. The number of nitrogens with zero attached hydrogens (tertiary/aromatic N) is 1. The lowest BCUT2D eigenvalue weighted by molar-refractivity contribution is -0.146. The van der Waals surface area contributed by atoms with Crippen molar-refractivity contribution in [2.24, 2.45) is 17.8 Å². The smallest absolute Gasteiger partial charge is 0.236 e. The summed E-state index contributed by atoms with van der Waals surface area (Å²) in [6, 6.07) is 0.0218. The van der Waals surface area contributed by atoms with Crippen molar-refractivity contribution < 1.29 is 19.1 Å². The van der Waals surface area contributed by atoms with Gasteiger partial charge in [0.1, 0.15) is 0 Å². The third-order valence-corrected chi connectivity index (χ3v) is 5.77. The Hall–Kier alpha value is -1.69. The summed E-state index contributed by atoms with van der Waals surface area (Å²) in [5, 5.41) is 2.86. The van der Waals surface area contributed by atoms with Crippen LogP contribution in [0.1, 0.15) is 32.6 Å². The van der Waals surface area contributed by atoms with Crippen LogP contribution in [0.25, 0.3) is 0 Å². The quantitative estimate of drug-likeness (QED) is 0.611. The molecule has 0 aromatic carbocycles. The number of ether oxygens (including phenoxy) is 1. The molecule has 1 N–H and O–H groups in total. The summed E-state index contributed by atoms with van der Waals surface area (Å²) >= 11 is 0. The number of amides is 3. The fraction of sp³-hybridized carbons (Fsp3) is 0.706. The number of likely N-dealkylation sites (tertiary alicyclic amines) is 1. The fourth-order valence-corrected chi connectivity index (χ4v) is 4.58. The van der Waals surface area contributed by atoms with E-state index in [0.717, 1.165) is 25.7 Å². The van der Waals surface area contributed by atoms with Crippen molar-refractivity contribution in [3.8, 4) is 0 Å². The van der Waals surface area contributed by atoms with Gasteiger partial charge in [-0.1, -0.05) is 12.2 Å². The highest BCUT2D eigenvalue weighted by Crippen LogP contribution is 2.46. The fourth-order valence-electron chi connectivity index (χ4n) is 4.58. The zero-order valence-corrected chi connectivity index (χ0v) is 13.2. The number of nitrogens with one attached hydrogen (secondary N) is 1. The first kappa shape index (κ1) is 14.9. The summed E-state index contributed by atoms with van der Waals surface area (Å²) in [6.07, 6.45) is 6.99. The average Bonchev–Trinajstić information content (AvgIpc) is 3.20. The summed E-state index contributed by atoms with van der Waals surface area (Å²) in [5.41, 5.74) is 0. The molecular formula is C17H22N2O4. The second-order valence-corrected chi connectivity index (χ2v) is 7.16. The van der Waals surface area contributed by atoms with Crippen molar-refractivity contribution in [2.75, 3.05) is 6.54 Å². The maximum Gasteiger partial charge on any atom is 0.236 e. The molecule has 3 aliphatic heterocycles. The zero-order chi connectivity index (χ0) is 16.1. The van der Waals surface area contributed by atoms with Crippen molar-refractivity contribution in [3.05, 3.63) is 12.2 Å². The number of hydrogen-bond acceptors (Lipinski definition) is 4. The van der Waals surface area contributed by atoms with Crippen molar-refractivity contribution in [2.45, 2.75) is 50.9 Å². The summed E-state index contributed by atoms with van der Waals surface area (Å²) in [4.78, 5) is 38.0. The molecule has 2 saturated heterocycles. The highest BCUT2D eigenvalue weighted by atomic mass is 16.5. The maximum atomic E-state index is 12.7. The van der Waals surface area contributed by atoms with Gasteiger partial charge in [0.15, 0.2) is 0 Å². The first-order valence-electron chi connectivity index (χ1n) is 8.51. The van der Waals surface area contributed by atoms with E-state index in [1.807, 2.05) is 12.2 Å². The van der Waals surface area contributed by atoms with Crippen molar-refractivity contribution in [1.82, 2.24) is 10.2 Å². The molecule has 6 heteroatoms. The Morgan fingerprint density at radius 3 is 2.22 bits per heavy atom. The molecule has 3 fully saturated rings. The molecule has 4 rings (SSSR count). The predicted molar refractivity (Wildman–Crippen MR) is 81.1 cm³/mol. The van der Waals surface area contributed by atoms with Crippen LogP contribution in [-0.4, -0.2) is 47.4 Å². The van der Waals surface area contributed by atoms with E-state index in [9.17, 15) is 14.4 Å². The molecule has 2 bridgehead atoms. The van der Waals surface area contributed by atoms with E-state index >= 15 is 0 Å². The van der Waals surface area contributed by atoms with E-state index in [0.29, 0.717) is 12.5 Å². The molecule has 4 aliphatic rings. The highest BCUT2D eigenvalue weighted by molar-refractivity contribution is 6.07. The topological polar surface area (TPSA) is 75.7 Å².